The number of nitrogen functional groups attached to an aromatic ring is 1. The first-order valence-corrected chi connectivity index (χ1v) is 11.6. The number of fused-ring (bicyclic) bond motifs is 1. The van der Waals surface area contributed by atoms with E-state index in [2.05, 4.69) is 19.8 Å². The van der Waals surface area contributed by atoms with Crippen LogP contribution < -0.4 is 5.73 Å². The molecule has 32 heavy (non-hydrogen) atoms. The van der Waals surface area contributed by atoms with Crippen LogP contribution in [0.1, 0.15) is 31.9 Å². The molecule has 0 bridgehead atoms. The maximum Gasteiger partial charge on any atom is 0.164 e. The third-order valence-electron chi connectivity index (χ3n) is 7.69. The summed E-state index contributed by atoms with van der Waals surface area (Å²) in [6.45, 7) is 5.49. The standard InChI is InChI=1S/C22H34N6O4/c1-31-12-11-26-9-5-22(6-10-26)4-2-7-27(22)13-16-17(29)18(30)21(32-16)28-8-3-15-19(23)24-14-25-20(15)28/h3,8,14,16-18,21,29-30H,2,4-7,9-13H2,1H3,(H2,23,24,25)/t16-,17-,18-,21-/m1/s1. The van der Waals surface area contributed by atoms with Gasteiger partial charge in [0.2, 0.25) is 0 Å². The van der Waals surface area contributed by atoms with Gasteiger partial charge in [0.15, 0.2) is 6.23 Å². The quantitative estimate of drug-likeness (QED) is 0.571. The molecule has 2 aromatic heterocycles. The molecule has 0 saturated carbocycles. The van der Waals surface area contributed by atoms with Crippen molar-refractivity contribution in [3.8, 4) is 0 Å². The van der Waals surface area contributed by atoms with Crippen molar-refractivity contribution in [3.63, 3.8) is 0 Å². The van der Waals surface area contributed by atoms with Crippen LogP contribution in [-0.2, 0) is 9.47 Å². The molecular formula is C22H34N6O4. The molecule has 1 spiro atoms. The van der Waals surface area contributed by atoms with Gasteiger partial charge in [-0.3, -0.25) is 4.90 Å². The topological polar surface area (TPSA) is 122 Å². The predicted octanol–water partition coefficient (Wildman–Crippen LogP) is 0.210. The van der Waals surface area contributed by atoms with Gasteiger partial charge < -0.3 is 34.9 Å². The third kappa shape index (κ3) is 3.78. The summed E-state index contributed by atoms with van der Waals surface area (Å²) in [5.41, 5.74) is 6.71. The van der Waals surface area contributed by atoms with Crippen molar-refractivity contribution in [3.05, 3.63) is 18.6 Å². The van der Waals surface area contributed by atoms with E-state index in [0.29, 0.717) is 23.4 Å². The number of likely N-dealkylation sites (tertiary alicyclic amines) is 2. The lowest BCUT2D eigenvalue weighted by atomic mass is 9.84. The van der Waals surface area contributed by atoms with E-state index in [0.717, 1.165) is 52.0 Å². The summed E-state index contributed by atoms with van der Waals surface area (Å²) in [5, 5.41) is 22.4. The van der Waals surface area contributed by atoms with Crippen LogP contribution in [0.3, 0.4) is 0 Å². The van der Waals surface area contributed by atoms with Crippen LogP contribution in [0.2, 0.25) is 0 Å². The fourth-order valence-electron chi connectivity index (χ4n) is 5.78. The monoisotopic (exact) mass is 446 g/mol. The molecule has 10 nitrogen and oxygen atoms in total. The minimum Gasteiger partial charge on any atom is -0.387 e. The van der Waals surface area contributed by atoms with E-state index >= 15 is 0 Å². The summed E-state index contributed by atoms with van der Waals surface area (Å²) in [5.74, 6) is 0.384. The lowest BCUT2D eigenvalue weighted by molar-refractivity contribution is -0.0580. The average Bonchev–Trinajstić information content (AvgIpc) is 3.47. The molecule has 4 atom stereocenters. The predicted molar refractivity (Wildman–Crippen MR) is 119 cm³/mol. The Labute approximate surface area is 187 Å². The normalized spacial score (nSPS) is 31.2. The Bertz CT molecular complexity index is 930. The van der Waals surface area contributed by atoms with E-state index in [1.807, 2.05) is 6.07 Å². The molecule has 3 aliphatic rings. The Balaban J connectivity index is 1.28. The van der Waals surface area contributed by atoms with Crippen LogP contribution in [0.25, 0.3) is 11.0 Å². The Morgan fingerprint density at radius 1 is 1.19 bits per heavy atom. The zero-order valence-corrected chi connectivity index (χ0v) is 18.6. The molecule has 0 amide bonds. The number of aliphatic hydroxyl groups excluding tert-OH is 2. The highest BCUT2D eigenvalue weighted by Gasteiger charge is 2.49. The van der Waals surface area contributed by atoms with E-state index in [1.165, 1.54) is 12.7 Å². The van der Waals surface area contributed by atoms with Crippen molar-refractivity contribution in [2.75, 3.05) is 52.2 Å². The number of ether oxygens (including phenoxy) is 2. The smallest absolute Gasteiger partial charge is 0.164 e. The van der Waals surface area contributed by atoms with Crippen LogP contribution >= 0.6 is 0 Å². The molecule has 10 heteroatoms. The van der Waals surface area contributed by atoms with Gasteiger partial charge in [-0.25, -0.2) is 9.97 Å². The average molecular weight is 447 g/mol. The summed E-state index contributed by atoms with van der Waals surface area (Å²) in [6, 6.07) is 1.81. The van der Waals surface area contributed by atoms with E-state index in [1.54, 1.807) is 17.9 Å². The summed E-state index contributed by atoms with van der Waals surface area (Å²) in [4.78, 5) is 13.3. The van der Waals surface area contributed by atoms with Crippen LogP contribution in [-0.4, -0.2) is 105 Å². The number of nitrogens with two attached hydrogens (primary N) is 1. The van der Waals surface area contributed by atoms with Gasteiger partial charge in [0.25, 0.3) is 0 Å². The van der Waals surface area contributed by atoms with Crippen molar-refractivity contribution in [1.82, 2.24) is 24.3 Å². The van der Waals surface area contributed by atoms with E-state index < -0.39 is 24.5 Å². The van der Waals surface area contributed by atoms with Gasteiger partial charge >= 0.3 is 0 Å². The Morgan fingerprint density at radius 2 is 2.00 bits per heavy atom. The number of aromatic nitrogens is 3. The molecule has 5 heterocycles. The Hall–Kier alpha value is -1.82. The van der Waals surface area contributed by atoms with Gasteiger partial charge in [-0.05, 0) is 51.4 Å². The van der Waals surface area contributed by atoms with Gasteiger partial charge in [0.1, 0.15) is 36.1 Å². The fraction of sp³-hybridized carbons (Fsp3) is 0.727. The van der Waals surface area contributed by atoms with Gasteiger partial charge in [-0.1, -0.05) is 0 Å². The molecule has 0 aliphatic carbocycles. The molecule has 3 aliphatic heterocycles. The molecule has 0 radical (unpaired) electrons. The van der Waals surface area contributed by atoms with Crippen molar-refractivity contribution in [2.24, 2.45) is 0 Å². The summed E-state index contributed by atoms with van der Waals surface area (Å²) in [6.07, 6.45) is 4.57. The second kappa shape index (κ2) is 8.85. The number of piperidine rings is 1. The molecule has 0 aromatic carbocycles. The maximum absolute atomic E-state index is 10.8. The minimum absolute atomic E-state index is 0.164. The lowest BCUT2D eigenvalue weighted by Crippen LogP contribution is -2.55. The van der Waals surface area contributed by atoms with Crippen LogP contribution in [0.15, 0.2) is 18.6 Å². The highest BCUT2D eigenvalue weighted by molar-refractivity contribution is 5.86. The summed E-state index contributed by atoms with van der Waals surface area (Å²) >= 11 is 0. The highest BCUT2D eigenvalue weighted by atomic mass is 16.6. The van der Waals surface area contributed by atoms with Gasteiger partial charge in [-0.15, -0.1) is 0 Å². The van der Waals surface area contributed by atoms with E-state index in [-0.39, 0.29) is 5.54 Å². The Kier molecular flexibility index (Phi) is 6.08. The maximum atomic E-state index is 10.8. The fourth-order valence-corrected chi connectivity index (χ4v) is 5.78. The second-order valence-electron chi connectivity index (χ2n) is 9.37. The number of methoxy groups -OCH3 is 1. The molecule has 4 N–H and O–H groups in total. The summed E-state index contributed by atoms with van der Waals surface area (Å²) < 4.78 is 13.2. The van der Waals surface area contributed by atoms with Gasteiger partial charge in [-0.2, -0.15) is 0 Å². The first kappa shape index (κ1) is 22.0. The van der Waals surface area contributed by atoms with Gasteiger partial charge in [0, 0.05) is 31.9 Å². The Morgan fingerprint density at radius 3 is 2.78 bits per heavy atom. The third-order valence-corrected chi connectivity index (χ3v) is 7.69. The second-order valence-corrected chi connectivity index (χ2v) is 9.37. The van der Waals surface area contributed by atoms with E-state index in [4.69, 9.17) is 15.2 Å². The van der Waals surface area contributed by atoms with E-state index in [9.17, 15) is 10.2 Å². The first-order valence-electron chi connectivity index (χ1n) is 11.6. The molecular weight excluding hydrogens is 412 g/mol. The van der Waals surface area contributed by atoms with Crippen molar-refractivity contribution < 1.29 is 19.7 Å². The first-order chi connectivity index (χ1) is 15.5. The summed E-state index contributed by atoms with van der Waals surface area (Å²) in [7, 11) is 1.75. The van der Waals surface area contributed by atoms with Crippen molar-refractivity contribution in [1.29, 1.82) is 0 Å². The number of rotatable bonds is 6. The lowest BCUT2D eigenvalue weighted by Gasteiger charge is -2.46. The number of hydrogen-bond donors (Lipinski definition) is 3. The molecule has 0 unspecified atom stereocenters. The van der Waals surface area contributed by atoms with Crippen molar-refractivity contribution in [2.45, 2.75) is 55.8 Å². The number of aliphatic hydroxyl groups is 2. The SMILES string of the molecule is COCCN1CCC2(CCCN2C[C@H]2O[C@@H](n3ccc4c(N)ncnc43)[C@H](O)[C@@H]2O)CC1. The molecule has 3 saturated heterocycles. The zero-order valence-electron chi connectivity index (χ0n) is 18.6. The highest BCUT2D eigenvalue weighted by Crippen LogP contribution is 2.40. The van der Waals surface area contributed by atoms with Crippen LogP contribution in [0.4, 0.5) is 5.82 Å². The van der Waals surface area contributed by atoms with Crippen LogP contribution in [0, 0.1) is 0 Å². The zero-order chi connectivity index (χ0) is 22.3. The molecule has 3 fully saturated rings. The van der Waals surface area contributed by atoms with Crippen LogP contribution in [0.5, 0.6) is 0 Å². The van der Waals surface area contributed by atoms with Crippen molar-refractivity contribution >= 4 is 16.9 Å². The minimum atomic E-state index is -1.04. The number of hydrogen-bond acceptors (Lipinski definition) is 9. The molecule has 5 rings (SSSR count). The molecule has 176 valence electrons. The number of nitrogens with zero attached hydrogens (tertiary/aromatic N) is 5. The number of anilines is 1. The van der Waals surface area contributed by atoms with Gasteiger partial charge in [0.05, 0.1) is 12.0 Å². The molecule has 2 aromatic rings. The largest absolute Gasteiger partial charge is 0.387 e.